The Balaban J connectivity index is 1.52. The summed E-state index contributed by atoms with van der Waals surface area (Å²) in [4.78, 5) is 28.7. The van der Waals surface area contributed by atoms with E-state index in [2.05, 4.69) is 15.8 Å². The summed E-state index contributed by atoms with van der Waals surface area (Å²) in [6, 6.07) is 21.0. The number of rotatable bonds is 5. The molecule has 3 aromatic carbocycles. The normalized spacial score (nSPS) is 10.8. The molecule has 8 nitrogen and oxygen atoms in total. The molecule has 158 valence electrons. The zero-order valence-corrected chi connectivity index (χ0v) is 17.1. The topological polar surface area (TPSA) is 117 Å². The molecule has 0 aromatic heterocycles. The van der Waals surface area contributed by atoms with Crippen LogP contribution in [-0.2, 0) is 4.84 Å². The van der Waals surface area contributed by atoms with Crippen LogP contribution in [0, 0.1) is 13.8 Å². The molecule has 3 aromatic rings. The number of aryl methyl sites for hydroxylation is 2. The molecule has 3 rings (SSSR count). The van der Waals surface area contributed by atoms with Crippen molar-refractivity contribution < 1.29 is 24.3 Å². The van der Waals surface area contributed by atoms with E-state index in [1.807, 2.05) is 38.1 Å². The molecule has 2 amide bonds. The van der Waals surface area contributed by atoms with Gasteiger partial charge in [0.25, 0.3) is 0 Å². The van der Waals surface area contributed by atoms with Gasteiger partial charge in [0.1, 0.15) is 5.75 Å². The standard InChI is InChI=1S/C23H22N4O4/c1-15-3-9-18(10-4-15)25-22(28)30-20-13-7-17(8-14-20)21(24)27-31-23(29)26-19-11-5-16(2)6-12-19/h3-14H,1-2H3,(H2,24,27)(H,25,28)(H,26,29)/p+1. The maximum Gasteiger partial charge on any atom is 0.456 e. The van der Waals surface area contributed by atoms with Gasteiger partial charge < -0.3 is 4.74 Å². The molecule has 0 aliphatic carbocycles. The highest BCUT2D eigenvalue weighted by molar-refractivity contribution is 5.93. The Hall–Kier alpha value is -4.33. The minimum Gasteiger partial charge on any atom is -0.410 e. The van der Waals surface area contributed by atoms with Gasteiger partial charge in [0.15, 0.2) is 0 Å². The SMILES string of the molecule is Cc1ccc(NC(=O)O[NH+]=C(N)c2ccc(OC(=O)Nc3ccc(C)cc3)cc2)cc1. The molecule has 0 heterocycles. The van der Waals surface area contributed by atoms with Gasteiger partial charge in [-0.1, -0.05) is 40.5 Å². The van der Waals surface area contributed by atoms with Crippen molar-refractivity contribution in [2.24, 2.45) is 5.73 Å². The number of nitrogens with two attached hydrogens (primary N) is 1. The van der Waals surface area contributed by atoms with Gasteiger partial charge in [0, 0.05) is 11.4 Å². The molecule has 0 fully saturated rings. The molecule has 0 unspecified atom stereocenters. The second kappa shape index (κ2) is 9.93. The van der Waals surface area contributed by atoms with E-state index < -0.39 is 12.2 Å². The summed E-state index contributed by atoms with van der Waals surface area (Å²) in [5.74, 6) is 0.453. The monoisotopic (exact) mass is 419 g/mol. The summed E-state index contributed by atoms with van der Waals surface area (Å²) in [7, 11) is 0. The van der Waals surface area contributed by atoms with Gasteiger partial charge in [-0.05, 0) is 62.4 Å². The van der Waals surface area contributed by atoms with Crippen LogP contribution in [0.25, 0.3) is 0 Å². The highest BCUT2D eigenvalue weighted by atomic mass is 16.7. The molecule has 0 spiro atoms. The quantitative estimate of drug-likeness (QED) is 0.220. The molecule has 8 heteroatoms. The molecule has 0 saturated carbocycles. The van der Waals surface area contributed by atoms with Crippen molar-refractivity contribution in [1.82, 2.24) is 0 Å². The number of nitrogen functional groups attached to an aromatic ring is 1. The fourth-order valence-corrected chi connectivity index (χ4v) is 2.53. The molecule has 0 atom stereocenters. The summed E-state index contributed by atoms with van der Waals surface area (Å²) in [6.07, 6.45) is -1.32. The Labute approximate surface area is 179 Å². The number of benzene rings is 3. The first kappa shape index (κ1) is 21.4. The maximum atomic E-state index is 12.0. The Kier molecular flexibility index (Phi) is 6.85. The second-order valence-electron chi connectivity index (χ2n) is 6.80. The van der Waals surface area contributed by atoms with Crippen molar-refractivity contribution in [2.45, 2.75) is 13.8 Å². The van der Waals surface area contributed by atoms with Crippen LogP contribution in [0.15, 0.2) is 72.8 Å². The van der Waals surface area contributed by atoms with E-state index in [0.717, 1.165) is 11.1 Å². The van der Waals surface area contributed by atoms with Crippen LogP contribution in [-0.4, -0.2) is 18.0 Å². The molecular weight excluding hydrogens is 396 g/mol. The molecule has 31 heavy (non-hydrogen) atoms. The lowest BCUT2D eigenvalue weighted by atomic mass is 10.2. The lowest BCUT2D eigenvalue weighted by Gasteiger charge is -2.07. The first-order valence-corrected chi connectivity index (χ1v) is 9.48. The Bertz CT molecular complexity index is 1080. The summed E-state index contributed by atoms with van der Waals surface area (Å²) in [6.45, 7) is 3.91. The van der Waals surface area contributed by atoms with Crippen molar-refractivity contribution in [1.29, 1.82) is 0 Å². The number of amidine groups is 1. The van der Waals surface area contributed by atoms with E-state index in [0.29, 0.717) is 22.7 Å². The first-order valence-electron chi connectivity index (χ1n) is 9.48. The minimum atomic E-state index is -0.709. The lowest BCUT2D eigenvalue weighted by Crippen LogP contribution is -2.76. The van der Waals surface area contributed by atoms with E-state index in [-0.39, 0.29) is 5.84 Å². The fraction of sp³-hybridized carbons (Fsp3) is 0.0870. The summed E-state index contributed by atoms with van der Waals surface area (Å²) < 4.78 is 5.24. The average Bonchev–Trinajstić information content (AvgIpc) is 2.76. The lowest BCUT2D eigenvalue weighted by molar-refractivity contribution is -0.720. The van der Waals surface area contributed by atoms with Gasteiger partial charge >= 0.3 is 18.0 Å². The third kappa shape index (κ3) is 6.60. The van der Waals surface area contributed by atoms with Crippen LogP contribution >= 0.6 is 0 Å². The van der Waals surface area contributed by atoms with Gasteiger partial charge in [-0.15, -0.1) is 0 Å². The third-order valence-electron chi connectivity index (χ3n) is 4.23. The number of hydrogen-bond donors (Lipinski definition) is 4. The van der Waals surface area contributed by atoms with Crippen molar-refractivity contribution in [3.63, 3.8) is 0 Å². The molecule has 0 saturated heterocycles. The highest BCUT2D eigenvalue weighted by Crippen LogP contribution is 2.14. The summed E-state index contributed by atoms with van der Waals surface area (Å²) in [5.41, 5.74) is 9.86. The van der Waals surface area contributed by atoms with Gasteiger partial charge in [-0.2, -0.15) is 0 Å². The number of carbonyl (C=O) groups is 2. The Morgan fingerprint density at radius 1 is 0.742 bits per heavy atom. The largest absolute Gasteiger partial charge is 0.456 e. The third-order valence-corrected chi connectivity index (χ3v) is 4.23. The predicted octanol–water partition coefficient (Wildman–Crippen LogP) is 2.86. The van der Waals surface area contributed by atoms with E-state index in [9.17, 15) is 9.59 Å². The molecule has 5 N–H and O–H groups in total. The van der Waals surface area contributed by atoms with Crippen LogP contribution in [0.2, 0.25) is 0 Å². The van der Waals surface area contributed by atoms with Crippen LogP contribution in [0.4, 0.5) is 21.0 Å². The first-order chi connectivity index (χ1) is 14.9. The average molecular weight is 419 g/mol. The van der Waals surface area contributed by atoms with E-state index in [4.69, 9.17) is 15.3 Å². The van der Waals surface area contributed by atoms with E-state index in [1.54, 1.807) is 48.5 Å². The number of anilines is 2. The molecule has 0 aliphatic rings. The number of hydrogen-bond acceptors (Lipinski definition) is 4. The van der Waals surface area contributed by atoms with Crippen molar-refractivity contribution >= 4 is 29.4 Å². The minimum absolute atomic E-state index is 0.120. The van der Waals surface area contributed by atoms with Gasteiger partial charge in [-0.3, -0.25) is 16.4 Å². The second-order valence-corrected chi connectivity index (χ2v) is 6.80. The van der Waals surface area contributed by atoms with Gasteiger partial charge in [0.05, 0.1) is 5.56 Å². The summed E-state index contributed by atoms with van der Waals surface area (Å²) in [5, 5.41) is 7.61. The number of ether oxygens (including phenoxy) is 1. The van der Waals surface area contributed by atoms with Gasteiger partial charge in [-0.25, -0.2) is 14.4 Å². The summed E-state index contributed by atoms with van der Waals surface area (Å²) >= 11 is 0. The van der Waals surface area contributed by atoms with Crippen molar-refractivity contribution in [3.8, 4) is 5.75 Å². The maximum absolute atomic E-state index is 12.0. The molecule has 0 radical (unpaired) electrons. The number of carbonyl (C=O) groups excluding carboxylic acids is 2. The van der Waals surface area contributed by atoms with E-state index >= 15 is 0 Å². The zero-order valence-electron chi connectivity index (χ0n) is 17.1. The molecule has 0 bridgehead atoms. The number of nitrogens with one attached hydrogen (secondary N) is 3. The fourth-order valence-electron chi connectivity index (χ4n) is 2.53. The van der Waals surface area contributed by atoms with Crippen LogP contribution in [0.5, 0.6) is 5.75 Å². The van der Waals surface area contributed by atoms with E-state index in [1.165, 1.54) is 0 Å². The van der Waals surface area contributed by atoms with Crippen LogP contribution in [0.3, 0.4) is 0 Å². The van der Waals surface area contributed by atoms with Crippen molar-refractivity contribution in [2.75, 3.05) is 10.6 Å². The molecular formula is C23H23N4O4+. The smallest absolute Gasteiger partial charge is 0.410 e. The van der Waals surface area contributed by atoms with Gasteiger partial charge in [0.2, 0.25) is 0 Å². The molecule has 0 aliphatic heterocycles. The Morgan fingerprint density at radius 3 is 1.74 bits per heavy atom. The Morgan fingerprint density at radius 2 is 1.23 bits per heavy atom. The zero-order chi connectivity index (χ0) is 22.2. The highest BCUT2D eigenvalue weighted by Gasteiger charge is 2.10. The van der Waals surface area contributed by atoms with Crippen LogP contribution < -0.4 is 26.3 Å². The number of amides is 2. The predicted molar refractivity (Wildman–Crippen MR) is 118 cm³/mol. The van der Waals surface area contributed by atoms with Crippen LogP contribution in [0.1, 0.15) is 16.7 Å². The van der Waals surface area contributed by atoms with Crippen molar-refractivity contribution in [3.05, 3.63) is 89.5 Å².